The van der Waals surface area contributed by atoms with Crippen molar-refractivity contribution in [1.82, 2.24) is 15.3 Å². The van der Waals surface area contributed by atoms with Gasteiger partial charge in [-0.2, -0.15) is 0 Å². The van der Waals surface area contributed by atoms with Crippen LogP contribution in [0, 0.1) is 11.7 Å². The van der Waals surface area contributed by atoms with E-state index in [-0.39, 0.29) is 12.6 Å². The Labute approximate surface area is 206 Å². The maximum Gasteiger partial charge on any atom is 0.189 e. The zero-order valence-corrected chi connectivity index (χ0v) is 20.7. The Bertz CT molecular complexity index is 1160. The average molecular weight is 479 g/mol. The number of aromatic nitrogens is 2. The zero-order valence-electron chi connectivity index (χ0n) is 20.7. The van der Waals surface area contributed by atoms with E-state index in [0.717, 1.165) is 71.0 Å². The molecule has 7 heteroatoms. The molecule has 2 aromatic carbocycles. The summed E-state index contributed by atoms with van der Waals surface area (Å²) in [6, 6.07) is 11.8. The molecule has 0 bridgehead atoms. The minimum absolute atomic E-state index is 0.230. The SMILES string of the molecule is CN(C)c1nc(CCCC2CCC(NCc3cc(F)cc4c3OCOC4)CC2)nc2ccccc12. The highest BCUT2D eigenvalue weighted by Gasteiger charge is 2.22. The normalized spacial score (nSPS) is 19.9. The number of hydrogen-bond donors (Lipinski definition) is 1. The summed E-state index contributed by atoms with van der Waals surface area (Å²) in [5, 5.41) is 4.74. The predicted molar refractivity (Wildman–Crippen MR) is 136 cm³/mol. The molecule has 0 radical (unpaired) electrons. The van der Waals surface area contributed by atoms with Crippen molar-refractivity contribution in [3.05, 3.63) is 59.2 Å². The number of rotatable bonds is 8. The van der Waals surface area contributed by atoms with Crippen LogP contribution in [0.5, 0.6) is 5.75 Å². The van der Waals surface area contributed by atoms with Gasteiger partial charge in [-0.1, -0.05) is 18.6 Å². The molecule has 1 saturated carbocycles. The predicted octanol–water partition coefficient (Wildman–Crippen LogP) is 5.37. The van der Waals surface area contributed by atoms with E-state index in [4.69, 9.17) is 19.4 Å². The molecule has 2 aliphatic rings. The largest absolute Gasteiger partial charge is 0.467 e. The van der Waals surface area contributed by atoms with Crippen LogP contribution in [0.15, 0.2) is 36.4 Å². The van der Waals surface area contributed by atoms with Crippen molar-refractivity contribution < 1.29 is 13.9 Å². The fourth-order valence-electron chi connectivity index (χ4n) is 5.41. The lowest BCUT2D eigenvalue weighted by Crippen LogP contribution is -2.33. The van der Waals surface area contributed by atoms with Gasteiger partial charge < -0.3 is 19.7 Å². The van der Waals surface area contributed by atoms with Gasteiger partial charge in [-0.15, -0.1) is 0 Å². The highest BCUT2D eigenvalue weighted by molar-refractivity contribution is 5.89. The second-order valence-corrected chi connectivity index (χ2v) is 10.0. The van der Waals surface area contributed by atoms with Crippen LogP contribution < -0.4 is 15.0 Å². The number of halogens is 1. The summed E-state index contributed by atoms with van der Waals surface area (Å²) < 4.78 is 24.9. The summed E-state index contributed by atoms with van der Waals surface area (Å²) >= 11 is 0. The topological polar surface area (TPSA) is 59.5 Å². The Hall–Kier alpha value is -2.77. The molecule has 0 amide bonds. The number of nitrogens with one attached hydrogen (secondary N) is 1. The molecule has 0 spiro atoms. The highest BCUT2D eigenvalue weighted by Crippen LogP contribution is 2.32. The minimum Gasteiger partial charge on any atom is -0.467 e. The van der Waals surface area contributed by atoms with Crippen molar-refractivity contribution in [2.45, 2.75) is 64.1 Å². The van der Waals surface area contributed by atoms with Gasteiger partial charge in [0.1, 0.15) is 23.2 Å². The first-order valence-electron chi connectivity index (χ1n) is 12.7. The van der Waals surface area contributed by atoms with Crippen LogP contribution in [0.25, 0.3) is 10.9 Å². The van der Waals surface area contributed by atoms with Gasteiger partial charge in [0, 0.05) is 49.6 Å². The van der Waals surface area contributed by atoms with Crippen LogP contribution in [0.3, 0.4) is 0 Å². The van der Waals surface area contributed by atoms with E-state index in [2.05, 4.69) is 22.3 Å². The molecule has 2 heterocycles. The van der Waals surface area contributed by atoms with Gasteiger partial charge in [0.2, 0.25) is 0 Å². The van der Waals surface area contributed by atoms with E-state index < -0.39 is 0 Å². The van der Waals surface area contributed by atoms with E-state index in [1.165, 1.54) is 25.3 Å². The van der Waals surface area contributed by atoms with Gasteiger partial charge in [0.05, 0.1) is 12.1 Å². The third kappa shape index (κ3) is 5.73. The van der Waals surface area contributed by atoms with E-state index in [1.807, 2.05) is 26.2 Å². The molecule has 1 N–H and O–H groups in total. The van der Waals surface area contributed by atoms with Crippen LogP contribution in [-0.2, 0) is 24.3 Å². The number of fused-ring (bicyclic) bond motifs is 2. The molecule has 6 nitrogen and oxygen atoms in total. The highest BCUT2D eigenvalue weighted by atomic mass is 19.1. The first-order valence-corrected chi connectivity index (χ1v) is 12.7. The Balaban J connectivity index is 1.09. The van der Waals surface area contributed by atoms with Crippen molar-refractivity contribution in [1.29, 1.82) is 0 Å². The van der Waals surface area contributed by atoms with Crippen LogP contribution >= 0.6 is 0 Å². The number of para-hydroxylation sites is 1. The smallest absolute Gasteiger partial charge is 0.189 e. The summed E-state index contributed by atoms with van der Waals surface area (Å²) in [6.07, 6.45) is 8.01. The molecule has 0 unspecified atom stereocenters. The second kappa shape index (κ2) is 10.9. The number of hydrogen-bond acceptors (Lipinski definition) is 6. The van der Waals surface area contributed by atoms with E-state index in [9.17, 15) is 4.39 Å². The van der Waals surface area contributed by atoms with Gasteiger partial charge >= 0.3 is 0 Å². The molecule has 5 rings (SSSR count). The molecule has 0 saturated heterocycles. The van der Waals surface area contributed by atoms with Gasteiger partial charge in [0.15, 0.2) is 6.79 Å². The lowest BCUT2D eigenvalue weighted by Gasteiger charge is -2.30. The summed E-state index contributed by atoms with van der Waals surface area (Å²) in [5.41, 5.74) is 2.70. The van der Waals surface area contributed by atoms with E-state index >= 15 is 0 Å². The van der Waals surface area contributed by atoms with Gasteiger partial charge in [0.25, 0.3) is 0 Å². The zero-order chi connectivity index (χ0) is 24.2. The van der Waals surface area contributed by atoms with Crippen molar-refractivity contribution in [3.63, 3.8) is 0 Å². The average Bonchev–Trinajstić information content (AvgIpc) is 2.87. The standard InChI is InChI=1S/C28H35FN4O2/c1-33(2)28-24-7-3-4-8-25(24)31-26(32-28)9-5-6-19-10-12-23(13-11-19)30-16-20-14-22(29)15-21-17-34-18-35-27(20)21/h3-4,7-8,14-15,19,23,30H,5-6,9-13,16-18H2,1-2H3. The molecule has 0 atom stereocenters. The third-order valence-electron chi connectivity index (χ3n) is 7.25. The fraction of sp³-hybridized carbons (Fsp3) is 0.500. The summed E-state index contributed by atoms with van der Waals surface area (Å²) in [6.45, 7) is 1.27. The van der Waals surface area contributed by atoms with Crippen molar-refractivity contribution in [3.8, 4) is 5.75 Å². The van der Waals surface area contributed by atoms with Crippen molar-refractivity contribution in [2.24, 2.45) is 5.92 Å². The summed E-state index contributed by atoms with van der Waals surface area (Å²) in [5.74, 6) is 3.24. The fourth-order valence-corrected chi connectivity index (χ4v) is 5.41. The van der Waals surface area contributed by atoms with Gasteiger partial charge in [-0.3, -0.25) is 0 Å². The molecule has 1 aliphatic carbocycles. The molecule has 186 valence electrons. The van der Waals surface area contributed by atoms with Gasteiger partial charge in [-0.25, -0.2) is 14.4 Å². The lowest BCUT2D eigenvalue weighted by atomic mass is 9.83. The van der Waals surface area contributed by atoms with E-state index in [0.29, 0.717) is 19.2 Å². The lowest BCUT2D eigenvalue weighted by molar-refractivity contribution is -0.0173. The summed E-state index contributed by atoms with van der Waals surface area (Å²) in [7, 11) is 4.07. The van der Waals surface area contributed by atoms with E-state index in [1.54, 1.807) is 6.07 Å². The quantitative estimate of drug-likeness (QED) is 0.470. The number of nitrogens with zero attached hydrogens (tertiary/aromatic N) is 3. The van der Waals surface area contributed by atoms with Gasteiger partial charge in [-0.05, 0) is 62.3 Å². The molecule has 1 aromatic heterocycles. The third-order valence-corrected chi connectivity index (χ3v) is 7.25. The number of aryl methyl sites for hydroxylation is 1. The molecule has 3 aromatic rings. The minimum atomic E-state index is -0.230. The Morgan fingerprint density at radius 3 is 2.74 bits per heavy atom. The Morgan fingerprint density at radius 1 is 1.09 bits per heavy atom. The molecule has 1 aliphatic heterocycles. The first kappa shape index (κ1) is 23.9. The number of ether oxygens (including phenoxy) is 2. The summed E-state index contributed by atoms with van der Waals surface area (Å²) in [4.78, 5) is 11.7. The van der Waals surface area contributed by atoms with Crippen LogP contribution in [0.2, 0.25) is 0 Å². The maximum atomic E-state index is 14.0. The van der Waals surface area contributed by atoms with Crippen LogP contribution in [0.4, 0.5) is 10.2 Å². The first-order chi connectivity index (χ1) is 17.1. The van der Waals surface area contributed by atoms with Crippen LogP contribution in [-0.4, -0.2) is 36.9 Å². The molecule has 1 fully saturated rings. The second-order valence-electron chi connectivity index (χ2n) is 10.0. The maximum absolute atomic E-state index is 14.0. The molecular formula is C28H35FN4O2. The van der Waals surface area contributed by atoms with Crippen molar-refractivity contribution in [2.75, 3.05) is 25.8 Å². The number of benzene rings is 2. The monoisotopic (exact) mass is 478 g/mol. The Morgan fingerprint density at radius 2 is 1.91 bits per heavy atom. The number of anilines is 1. The molecule has 35 heavy (non-hydrogen) atoms. The van der Waals surface area contributed by atoms with Crippen LogP contribution in [0.1, 0.15) is 55.5 Å². The molecular weight excluding hydrogens is 443 g/mol. The Kier molecular flexibility index (Phi) is 7.44. The van der Waals surface area contributed by atoms with Crippen molar-refractivity contribution >= 4 is 16.7 Å².